The van der Waals surface area contributed by atoms with Crippen molar-refractivity contribution in [1.82, 2.24) is 10.2 Å². The summed E-state index contributed by atoms with van der Waals surface area (Å²) in [5.74, 6) is 0.793. The summed E-state index contributed by atoms with van der Waals surface area (Å²) in [6.07, 6.45) is 7.92. The fourth-order valence-electron chi connectivity index (χ4n) is 4.46. The van der Waals surface area contributed by atoms with Gasteiger partial charge in [0.25, 0.3) is 0 Å². The van der Waals surface area contributed by atoms with E-state index in [0.29, 0.717) is 18.7 Å². The molecule has 23 heavy (non-hydrogen) atoms. The standard InChI is InChI=1S/C17H28N2O3S/c1-16-8-5-14(21)19(16)13(11-23-16)15(22)18-12-17(9-10-20)6-3-2-4-7-17/h13,20H,2-12H2,1H3,(H,18,22)/t13-,16+/m0/s1. The summed E-state index contributed by atoms with van der Waals surface area (Å²) >= 11 is 1.73. The third-order valence-corrected chi connectivity index (χ3v) is 7.45. The second-order valence-corrected chi connectivity index (χ2v) is 9.02. The van der Waals surface area contributed by atoms with Crippen LogP contribution in [0.2, 0.25) is 0 Å². The first-order valence-electron chi connectivity index (χ1n) is 8.84. The van der Waals surface area contributed by atoms with Gasteiger partial charge in [0.1, 0.15) is 6.04 Å². The summed E-state index contributed by atoms with van der Waals surface area (Å²) in [4.78, 5) is 26.5. The van der Waals surface area contributed by atoms with Crippen LogP contribution in [-0.4, -0.2) is 51.6 Å². The van der Waals surface area contributed by atoms with Crippen LogP contribution in [0.4, 0.5) is 0 Å². The Labute approximate surface area is 142 Å². The van der Waals surface area contributed by atoms with Crippen LogP contribution in [0.5, 0.6) is 0 Å². The Kier molecular flexibility index (Phi) is 4.93. The molecule has 6 heteroatoms. The molecule has 0 aromatic rings. The Morgan fingerprint density at radius 2 is 2.09 bits per heavy atom. The molecule has 3 aliphatic rings. The summed E-state index contributed by atoms with van der Waals surface area (Å²) < 4.78 is 0. The normalized spacial score (nSPS) is 32.9. The molecule has 0 aromatic carbocycles. The van der Waals surface area contributed by atoms with E-state index in [0.717, 1.165) is 25.7 Å². The number of aliphatic hydroxyl groups is 1. The second-order valence-electron chi connectivity index (χ2n) is 7.52. The number of thioether (sulfide) groups is 1. The minimum atomic E-state index is -0.324. The number of rotatable bonds is 5. The number of hydrogen-bond donors (Lipinski definition) is 2. The van der Waals surface area contributed by atoms with E-state index < -0.39 is 0 Å². The lowest BCUT2D eigenvalue weighted by Gasteiger charge is -2.38. The molecule has 2 aliphatic heterocycles. The first-order chi connectivity index (χ1) is 11.0. The predicted molar refractivity (Wildman–Crippen MR) is 91.0 cm³/mol. The van der Waals surface area contributed by atoms with Crippen molar-refractivity contribution in [1.29, 1.82) is 0 Å². The smallest absolute Gasteiger partial charge is 0.243 e. The molecule has 0 spiro atoms. The third-order valence-electron chi connectivity index (χ3n) is 5.94. The van der Waals surface area contributed by atoms with Crippen molar-refractivity contribution >= 4 is 23.6 Å². The molecule has 2 amide bonds. The van der Waals surface area contributed by atoms with Crippen LogP contribution >= 0.6 is 11.8 Å². The first-order valence-corrected chi connectivity index (χ1v) is 9.83. The number of amides is 2. The van der Waals surface area contributed by atoms with Gasteiger partial charge in [-0.1, -0.05) is 19.3 Å². The fraction of sp³-hybridized carbons (Fsp3) is 0.882. The molecule has 3 fully saturated rings. The Morgan fingerprint density at radius 3 is 2.78 bits per heavy atom. The molecule has 5 nitrogen and oxygen atoms in total. The summed E-state index contributed by atoms with van der Waals surface area (Å²) in [6, 6.07) is -0.324. The van der Waals surface area contributed by atoms with Gasteiger partial charge >= 0.3 is 0 Å². The Morgan fingerprint density at radius 1 is 1.35 bits per heavy atom. The zero-order valence-corrected chi connectivity index (χ0v) is 14.8. The molecular weight excluding hydrogens is 312 g/mol. The molecule has 0 aromatic heterocycles. The number of aliphatic hydroxyl groups excluding tert-OH is 1. The van der Waals surface area contributed by atoms with Crippen molar-refractivity contribution in [3.05, 3.63) is 0 Å². The molecule has 1 aliphatic carbocycles. The maximum atomic E-state index is 12.7. The first kappa shape index (κ1) is 17.1. The summed E-state index contributed by atoms with van der Waals surface area (Å²) in [5.41, 5.74) is 0.0483. The van der Waals surface area contributed by atoms with Crippen LogP contribution in [0.15, 0.2) is 0 Å². The van der Waals surface area contributed by atoms with Gasteiger partial charge in [-0.2, -0.15) is 0 Å². The monoisotopic (exact) mass is 340 g/mol. The van der Waals surface area contributed by atoms with Crippen molar-refractivity contribution in [2.75, 3.05) is 18.9 Å². The van der Waals surface area contributed by atoms with Gasteiger partial charge in [0.15, 0.2) is 0 Å². The highest BCUT2D eigenvalue weighted by molar-refractivity contribution is 8.01. The lowest BCUT2D eigenvalue weighted by molar-refractivity contribution is -0.138. The zero-order valence-electron chi connectivity index (χ0n) is 14.0. The molecule has 130 valence electrons. The maximum Gasteiger partial charge on any atom is 0.243 e. The van der Waals surface area contributed by atoms with Gasteiger partial charge in [-0.3, -0.25) is 9.59 Å². The lowest BCUT2D eigenvalue weighted by atomic mass is 9.72. The fourth-order valence-corrected chi connectivity index (χ4v) is 5.89. The quantitative estimate of drug-likeness (QED) is 0.802. The van der Waals surface area contributed by atoms with E-state index in [9.17, 15) is 14.7 Å². The molecule has 2 N–H and O–H groups in total. The van der Waals surface area contributed by atoms with Gasteiger partial charge in [0, 0.05) is 25.3 Å². The SMILES string of the molecule is C[C@@]12CCC(=O)N1[C@H](C(=O)NCC1(CCO)CCCCC1)CS2. The predicted octanol–water partition coefficient (Wildman–Crippen LogP) is 1.89. The van der Waals surface area contributed by atoms with Crippen LogP contribution < -0.4 is 5.32 Å². The van der Waals surface area contributed by atoms with E-state index in [1.165, 1.54) is 19.3 Å². The Balaban J connectivity index is 1.61. The van der Waals surface area contributed by atoms with Crippen LogP contribution in [0.25, 0.3) is 0 Å². The highest BCUT2D eigenvalue weighted by Crippen LogP contribution is 2.47. The zero-order chi connectivity index (χ0) is 16.5. The highest BCUT2D eigenvalue weighted by atomic mass is 32.2. The second kappa shape index (κ2) is 6.63. The van der Waals surface area contributed by atoms with E-state index in [1.807, 2.05) is 4.90 Å². The lowest BCUT2D eigenvalue weighted by Crippen LogP contribution is -2.52. The van der Waals surface area contributed by atoms with Gasteiger partial charge < -0.3 is 15.3 Å². The molecule has 2 saturated heterocycles. The van der Waals surface area contributed by atoms with E-state index in [4.69, 9.17) is 0 Å². The number of nitrogens with one attached hydrogen (secondary N) is 1. The molecule has 2 atom stereocenters. The van der Waals surface area contributed by atoms with Gasteiger partial charge in [0.2, 0.25) is 11.8 Å². The maximum absolute atomic E-state index is 12.7. The van der Waals surface area contributed by atoms with Crippen molar-refractivity contribution in [2.45, 2.75) is 69.2 Å². The highest BCUT2D eigenvalue weighted by Gasteiger charge is 2.53. The molecule has 0 bridgehead atoms. The van der Waals surface area contributed by atoms with E-state index in [2.05, 4.69) is 12.2 Å². The number of fused-ring (bicyclic) bond motifs is 1. The van der Waals surface area contributed by atoms with Gasteiger partial charge in [-0.15, -0.1) is 11.8 Å². The summed E-state index contributed by atoms with van der Waals surface area (Å²) in [5, 5.41) is 12.5. The largest absolute Gasteiger partial charge is 0.396 e. The minimum Gasteiger partial charge on any atom is -0.396 e. The number of carbonyl (C=O) groups excluding carboxylic acids is 2. The summed E-state index contributed by atoms with van der Waals surface area (Å²) in [7, 11) is 0. The third kappa shape index (κ3) is 3.25. The van der Waals surface area contributed by atoms with E-state index in [-0.39, 0.29) is 34.7 Å². The topological polar surface area (TPSA) is 69.6 Å². The summed E-state index contributed by atoms with van der Waals surface area (Å²) in [6.45, 7) is 2.88. The number of carbonyl (C=O) groups is 2. The molecular formula is C17H28N2O3S. The van der Waals surface area contributed by atoms with Crippen LogP contribution in [0.3, 0.4) is 0 Å². The molecule has 2 heterocycles. The average molecular weight is 340 g/mol. The number of hydrogen-bond acceptors (Lipinski definition) is 4. The average Bonchev–Trinajstić information content (AvgIpc) is 3.03. The molecule has 0 radical (unpaired) electrons. The minimum absolute atomic E-state index is 0.0145. The Hall–Kier alpha value is -0.750. The molecule has 0 unspecified atom stereocenters. The van der Waals surface area contributed by atoms with Crippen LogP contribution in [0.1, 0.15) is 58.3 Å². The van der Waals surface area contributed by atoms with Crippen molar-refractivity contribution in [2.24, 2.45) is 5.41 Å². The van der Waals surface area contributed by atoms with E-state index in [1.54, 1.807) is 11.8 Å². The van der Waals surface area contributed by atoms with Crippen LogP contribution in [-0.2, 0) is 9.59 Å². The molecule has 3 rings (SSSR count). The van der Waals surface area contributed by atoms with Crippen molar-refractivity contribution < 1.29 is 14.7 Å². The number of nitrogens with zero attached hydrogens (tertiary/aromatic N) is 1. The van der Waals surface area contributed by atoms with Crippen molar-refractivity contribution in [3.8, 4) is 0 Å². The van der Waals surface area contributed by atoms with Crippen molar-refractivity contribution in [3.63, 3.8) is 0 Å². The van der Waals surface area contributed by atoms with Crippen LogP contribution in [0, 0.1) is 5.41 Å². The van der Waals surface area contributed by atoms with Gasteiger partial charge in [0.05, 0.1) is 4.87 Å². The Bertz CT molecular complexity index is 473. The molecule has 1 saturated carbocycles. The van der Waals surface area contributed by atoms with Gasteiger partial charge in [-0.25, -0.2) is 0 Å². The van der Waals surface area contributed by atoms with E-state index >= 15 is 0 Å². The van der Waals surface area contributed by atoms with Gasteiger partial charge in [-0.05, 0) is 38.0 Å².